The van der Waals surface area contributed by atoms with E-state index in [2.05, 4.69) is 148 Å². The van der Waals surface area contributed by atoms with Gasteiger partial charge in [-0.25, -0.2) is 18.7 Å². The molecule has 0 bridgehead atoms. The van der Waals surface area contributed by atoms with Crippen LogP contribution < -0.4 is 42.7 Å². The topological polar surface area (TPSA) is 83.9 Å². The molecule has 386 valence electrons. The molecule has 0 radical (unpaired) electrons. The highest BCUT2D eigenvalue weighted by Crippen LogP contribution is 2.51. The second kappa shape index (κ2) is 24.5. The van der Waals surface area contributed by atoms with Crippen LogP contribution in [0.4, 0.5) is 20.4 Å². The lowest BCUT2D eigenvalue weighted by atomic mass is 9.98. The summed E-state index contributed by atoms with van der Waals surface area (Å²) in [5.41, 5.74) is 4.68. The van der Waals surface area contributed by atoms with E-state index < -0.39 is 18.9 Å². The van der Waals surface area contributed by atoms with Crippen LogP contribution >= 0.6 is 53.7 Å². The van der Waals surface area contributed by atoms with Gasteiger partial charge in [-0.2, -0.15) is 19.2 Å². The smallest absolute Gasteiger partial charge is 0.169 e. The maximum atomic E-state index is 13.6. The number of aromatic nitrogens is 6. The third-order valence-corrected chi connectivity index (χ3v) is 19.1. The molecule has 0 amide bonds. The van der Waals surface area contributed by atoms with Crippen molar-refractivity contribution in [1.29, 1.82) is 0 Å². The van der Waals surface area contributed by atoms with Crippen molar-refractivity contribution in [2.45, 2.75) is 39.5 Å². The summed E-state index contributed by atoms with van der Waals surface area (Å²) in [4.78, 5) is 24.7. The fourth-order valence-corrected chi connectivity index (χ4v) is 13.9. The molecule has 11 rings (SSSR count). The first kappa shape index (κ1) is 55.5. The van der Waals surface area contributed by atoms with Crippen LogP contribution in [-0.4, -0.2) is 68.3 Å². The van der Waals surface area contributed by atoms with E-state index >= 15 is 0 Å². The quantitative estimate of drug-likeness (QED) is 0.0809. The minimum Gasteiger partial charge on any atom is -1.00 e. The largest absolute Gasteiger partial charge is 1.00 e. The minimum atomic E-state index is -1.53. The van der Waals surface area contributed by atoms with E-state index in [1.807, 2.05) is 0 Å². The Morgan fingerprint density at radius 3 is 1.28 bits per heavy atom. The zero-order valence-corrected chi connectivity index (χ0v) is 47.0. The van der Waals surface area contributed by atoms with Gasteiger partial charge in [-0.05, 0) is 110 Å². The van der Waals surface area contributed by atoms with Gasteiger partial charge in [0.1, 0.15) is 56.8 Å². The number of hydrogen-bond acceptors (Lipinski definition) is 7. The van der Waals surface area contributed by atoms with Crippen molar-refractivity contribution in [3.05, 3.63) is 189 Å². The first-order valence-corrected chi connectivity index (χ1v) is 28.2. The predicted octanol–water partition coefficient (Wildman–Crippen LogP) is 11.2. The summed E-state index contributed by atoms with van der Waals surface area (Å²) in [5.74, 6) is 2.04. The molecule has 2 saturated heterocycles. The molecule has 4 aromatic heterocycles. The maximum Gasteiger partial charge on any atom is 0.169 e. The van der Waals surface area contributed by atoms with Crippen LogP contribution in [0.15, 0.2) is 146 Å². The molecule has 0 atom stereocenters. The monoisotopic (exact) mass is 1170 g/mol. The predicted molar refractivity (Wildman–Crippen MR) is 305 cm³/mol. The fraction of sp³-hybridized carbons (Fsp3) is 0.224. The van der Waals surface area contributed by atoms with Crippen molar-refractivity contribution in [3.8, 4) is 22.3 Å². The van der Waals surface area contributed by atoms with Gasteiger partial charge in [0.15, 0.2) is 17.6 Å². The number of piperidine rings is 2. The lowest BCUT2D eigenvalue weighted by molar-refractivity contribution is -0.0000221. The van der Waals surface area contributed by atoms with Gasteiger partial charge in [0, 0.05) is 42.9 Å². The molecular weight excluding hydrogens is 1120 g/mol. The SMILES string of the molecule is C=Cc1cnn2c(N3CCC(C)CC3)c(-c3ccc(F)cc3Cl)c(Cl)nc12.CC1CCN(c2c(-c3ccc(F)cc3Cl)c(Cl)nc3c(C=O)cnn23)CC1.C[P+](c1ccccc1)(c1ccccc1)c1ccccc1.[Br-]. The normalized spacial score (nSPS) is 14.1. The molecular formula is C58H54BrCl4F2N8OP. The van der Waals surface area contributed by atoms with E-state index in [0.717, 1.165) is 69.1 Å². The zero-order chi connectivity index (χ0) is 52.1. The van der Waals surface area contributed by atoms with E-state index in [4.69, 9.17) is 46.4 Å². The number of carbonyl (C=O) groups excluding carboxylic acids is 1. The number of aldehydes is 1. The van der Waals surface area contributed by atoms with E-state index in [9.17, 15) is 13.6 Å². The molecule has 0 saturated carbocycles. The van der Waals surface area contributed by atoms with Crippen molar-refractivity contribution >= 4 is 105 Å². The van der Waals surface area contributed by atoms with Crippen molar-refractivity contribution in [1.82, 2.24) is 29.2 Å². The van der Waals surface area contributed by atoms with Crippen LogP contribution in [0.25, 0.3) is 39.6 Å². The average Bonchev–Trinajstić information content (AvgIpc) is 4.03. The number of rotatable bonds is 9. The number of hydrogen-bond donors (Lipinski definition) is 0. The number of fused-ring (bicyclic) bond motifs is 2. The number of anilines is 2. The lowest BCUT2D eigenvalue weighted by Crippen LogP contribution is -3.00. The number of halogens is 7. The van der Waals surface area contributed by atoms with Crippen LogP contribution in [0.3, 0.4) is 0 Å². The van der Waals surface area contributed by atoms with E-state index in [1.165, 1.54) is 46.4 Å². The van der Waals surface area contributed by atoms with E-state index in [-0.39, 0.29) is 27.2 Å². The Hall–Kier alpha value is -5.72. The van der Waals surface area contributed by atoms with Crippen LogP contribution in [0.1, 0.15) is 55.5 Å². The Morgan fingerprint density at radius 2 is 0.933 bits per heavy atom. The molecule has 17 heteroatoms. The Bertz CT molecular complexity index is 3180. The Labute approximate surface area is 467 Å². The molecule has 75 heavy (non-hydrogen) atoms. The second-order valence-electron chi connectivity index (χ2n) is 18.8. The van der Waals surface area contributed by atoms with Gasteiger partial charge < -0.3 is 26.8 Å². The van der Waals surface area contributed by atoms with Crippen LogP contribution in [0.2, 0.25) is 20.4 Å². The molecule has 9 nitrogen and oxygen atoms in total. The van der Waals surface area contributed by atoms with Crippen LogP contribution in [-0.2, 0) is 0 Å². The summed E-state index contributed by atoms with van der Waals surface area (Å²) in [6.07, 6.45) is 9.81. The number of nitrogens with zero attached hydrogens (tertiary/aromatic N) is 8. The van der Waals surface area contributed by atoms with E-state index in [1.54, 1.807) is 33.4 Å². The average molecular weight is 1170 g/mol. The second-order valence-corrected chi connectivity index (χ2v) is 23.9. The lowest BCUT2D eigenvalue weighted by Gasteiger charge is -2.33. The van der Waals surface area contributed by atoms with Crippen LogP contribution in [0, 0.1) is 23.5 Å². The molecule has 2 aliphatic heterocycles. The van der Waals surface area contributed by atoms with Crippen molar-refractivity contribution in [2.24, 2.45) is 11.8 Å². The van der Waals surface area contributed by atoms with E-state index in [0.29, 0.717) is 67.4 Å². The zero-order valence-electron chi connectivity index (χ0n) is 41.5. The standard InChI is InChI=1S/C20H19Cl2FN4.C19H17Cl2FN4O.C19H18P.BrH/c1-3-13-11-24-27-19(13)25-18(22)17(15-5-4-14(23)10-16(15)21)20(27)26-8-6-12(2)7-9-26;1-11-4-6-25(7-5-11)19-16(14-3-2-13(22)8-15(14)20)17(21)24-18-12(10-27)9-23-26(18)19;1-20(17-11-5-2-6-12-17,18-13-7-3-8-14-18)19-15-9-4-10-16-19;/h3-5,10-12H,1,6-9H2,2H3;2-3,8-11H,4-7H2,1H3;2-16H,1H3;1H/q;;+1;/p-1. The molecule has 9 aromatic rings. The first-order chi connectivity index (χ1) is 35.8. The summed E-state index contributed by atoms with van der Waals surface area (Å²) in [6, 6.07) is 41.1. The first-order valence-electron chi connectivity index (χ1n) is 24.5. The highest BCUT2D eigenvalue weighted by molar-refractivity contribution is 7.95. The summed E-state index contributed by atoms with van der Waals surface area (Å²) in [5, 5.41) is 14.2. The third-order valence-electron chi connectivity index (χ3n) is 13.9. The minimum absolute atomic E-state index is 0. The molecule has 0 unspecified atom stereocenters. The van der Waals surface area contributed by atoms with Gasteiger partial charge in [0.25, 0.3) is 0 Å². The van der Waals surface area contributed by atoms with Gasteiger partial charge in [-0.3, -0.25) is 4.79 Å². The molecule has 2 fully saturated rings. The van der Waals surface area contributed by atoms with Gasteiger partial charge in [0.2, 0.25) is 0 Å². The number of benzene rings is 5. The van der Waals surface area contributed by atoms with Gasteiger partial charge in [0.05, 0.1) is 45.8 Å². The van der Waals surface area contributed by atoms with Crippen molar-refractivity contribution < 1.29 is 30.6 Å². The summed E-state index contributed by atoms with van der Waals surface area (Å²) < 4.78 is 30.6. The molecule has 6 heterocycles. The Morgan fingerprint density at radius 1 is 0.573 bits per heavy atom. The maximum absolute atomic E-state index is 13.6. The Kier molecular flexibility index (Phi) is 18.1. The molecule has 0 aliphatic carbocycles. The van der Waals surface area contributed by atoms with Crippen LogP contribution in [0.5, 0.6) is 0 Å². The summed E-state index contributed by atoms with van der Waals surface area (Å²) in [7, 11) is -1.53. The molecule has 0 N–H and O–H groups in total. The molecule has 5 aromatic carbocycles. The highest BCUT2D eigenvalue weighted by Gasteiger charge is 2.40. The third kappa shape index (κ3) is 11.7. The summed E-state index contributed by atoms with van der Waals surface area (Å²) >= 11 is 25.9. The van der Waals surface area contributed by atoms with Crippen molar-refractivity contribution in [3.63, 3.8) is 0 Å². The van der Waals surface area contributed by atoms with Gasteiger partial charge in [-0.15, -0.1) is 0 Å². The molecule has 0 spiro atoms. The van der Waals surface area contributed by atoms with Gasteiger partial charge in [-0.1, -0.05) is 128 Å². The fourth-order valence-electron chi connectivity index (χ4n) is 9.66. The Balaban J connectivity index is 0.000000150. The highest BCUT2D eigenvalue weighted by atomic mass is 79.9. The number of carbonyl (C=O) groups is 1. The molecule has 2 aliphatic rings. The van der Waals surface area contributed by atoms with Gasteiger partial charge >= 0.3 is 0 Å². The van der Waals surface area contributed by atoms with Crippen molar-refractivity contribution in [2.75, 3.05) is 42.6 Å². The summed E-state index contributed by atoms with van der Waals surface area (Å²) in [6.45, 7) is 14.1.